The Morgan fingerprint density at radius 2 is 1.75 bits per heavy atom. The van der Waals surface area contributed by atoms with Crippen LogP contribution in [0.25, 0.3) is 0 Å². The first-order valence-corrected chi connectivity index (χ1v) is 5.88. The standard InChI is InChI=1S/C14H21N.ClH/c1-14(2,3)13-6-4-11(5-7-13)12-8-9-15-10-12;/h4-7,12,15H,8-10H2,1-3H3;1H. The number of hydrogen-bond donors (Lipinski definition) is 1. The number of benzene rings is 1. The van der Waals surface area contributed by atoms with Gasteiger partial charge in [0.15, 0.2) is 0 Å². The molecule has 0 radical (unpaired) electrons. The Morgan fingerprint density at radius 3 is 2.19 bits per heavy atom. The lowest BCUT2D eigenvalue weighted by molar-refractivity contribution is 0.589. The number of halogens is 1. The van der Waals surface area contributed by atoms with Crippen LogP contribution in [0.1, 0.15) is 44.2 Å². The van der Waals surface area contributed by atoms with E-state index in [1.807, 2.05) is 0 Å². The van der Waals surface area contributed by atoms with Crippen LogP contribution in [0, 0.1) is 0 Å². The first-order chi connectivity index (χ1) is 7.07. The van der Waals surface area contributed by atoms with Crippen LogP contribution in [-0.4, -0.2) is 13.1 Å². The van der Waals surface area contributed by atoms with E-state index in [0.29, 0.717) is 0 Å². The zero-order chi connectivity index (χ0) is 10.9. The predicted octanol–water partition coefficient (Wildman–Crippen LogP) is 3.48. The van der Waals surface area contributed by atoms with E-state index in [-0.39, 0.29) is 17.8 Å². The van der Waals surface area contributed by atoms with Gasteiger partial charge in [-0.1, -0.05) is 45.0 Å². The van der Waals surface area contributed by atoms with Gasteiger partial charge in [0.25, 0.3) is 0 Å². The molecule has 1 nitrogen and oxygen atoms in total. The number of rotatable bonds is 1. The maximum Gasteiger partial charge on any atom is 0.00206 e. The molecular weight excluding hydrogens is 218 g/mol. The largest absolute Gasteiger partial charge is 0.316 e. The topological polar surface area (TPSA) is 12.0 Å². The van der Waals surface area contributed by atoms with E-state index in [1.165, 1.54) is 24.1 Å². The predicted molar refractivity (Wildman–Crippen MR) is 72.6 cm³/mol. The molecular formula is C14H22ClN. The van der Waals surface area contributed by atoms with Crippen molar-refractivity contribution in [3.63, 3.8) is 0 Å². The van der Waals surface area contributed by atoms with E-state index in [9.17, 15) is 0 Å². The second kappa shape index (κ2) is 5.20. The van der Waals surface area contributed by atoms with Crippen molar-refractivity contribution < 1.29 is 0 Å². The van der Waals surface area contributed by atoms with Crippen LogP contribution in [0.2, 0.25) is 0 Å². The van der Waals surface area contributed by atoms with Crippen LogP contribution in [0.3, 0.4) is 0 Å². The SMILES string of the molecule is CC(C)(C)c1ccc(C2CCNC2)cc1.Cl. The van der Waals surface area contributed by atoms with Gasteiger partial charge < -0.3 is 5.32 Å². The van der Waals surface area contributed by atoms with Gasteiger partial charge in [-0.3, -0.25) is 0 Å². The molecule has 0 bridgehead atoms. The summed E-state index contributed by atoms with van der Waals surface area (Å²) in [6.07, 6.45) is 1.29. The third-order valence-electron chi connectivity index (χ3n) is 3.31. The molecule has 1 aliphatic rings. The molecule has 1 aliphatic heterocycles. The summed E-state index contributed by atoms with van der Waals surface area (Å²) >= 11 is 0. The van der Waals surface area contributed by atoms with Crippen LogP contribution in [-0.2, 0) is 5.41 Å². The Hall–Kier alpha value is -0.530. The Labute approximate surface area is 105 Å². The summed E-state index contributed by atoms with van der Waals surface area (Å²) in [5.74, 6) is 0.735. The van der Waals surface area contributed by atoms with Gasteiger partial charge in [0.1, 0.15) is 0 Å². The smallest absolute Gasteiger partial charge is 0.00206 e. The van der Waals surface area contributed by atoms with Gasteiger partial charge in [0.05, 0.1) is 0 Å². The van der Waals surface area contributed by atoms with Crippen molar-refractivity contribution in [2.75, 3.05) is 13.1 Å². The molecule has 90 valence electrons. The summed E-state index contributed by atoms with van der Waals surface area (Å²) in [6, 6.07) is 9.18. The van der Waals surface area contributed by atoms with Crippen LogP contribution >= 0.6 is 12.4 Å². The van der Waals surface area contributed by atoms with E-state index in [4.69, 9.17) is 0 Å². The number of hydrogen-bond acceptors (Lipinski definition) is 1. The Balaban J connectivity index is 0.00000128. The van der Waals surface area contributed by atoms with Crippen LogP contribution in [0.5, 0.6) is 0 Å². The molecule has 1 atom stereocenters. The lowest BCUT2D eigenvalue weighted by Crippen LogP contribution is -2.11. The van der Waals surface area contributed by atoms with Gasteiger partial charge in [-0.05, 0) is 35.4 Å². The van der Waals surface area contributed by atoms with Crippen LogP contribution < -0.4 is 5.32 Å². The Kier molecular flexibility index (Phi) is 4.40. The summed E-state index contributed by atoms with van der Waals surface area (Å²) in [5.41, 5.74) is 3.19. The third-order valence-corrected chi connectivity index (χ3v) is 3.31. The molecule has 16 heavy (non-hydrogen) atoms. The minimum Gasteiger partial charge on any atom is -0.316 e. The van der Waals surface area contributed by atoms with Crippen molar-refractivity contribution in [3.05, 3.63) is 35.4 Å². The van der Waals surface area contributed by atoms with Crippen molar-refractivity contribution >= 4 is 12.4 Å². The van der Waals surface area contributed by atoms with Crippen molar-refractivity contribution in [2.24, 2.45) is 0 Å². The molecule has 2 heteroatoms. The minimum absolute atomic E-state index is 0. The van der Waals surface area contributed by atoms with Gasteiger partial charge in [-0.25, -0.2) is 0 Å². The molecule has 1 heterocycles. The minimum atomic E-state index is 0. The highest BCUT2D eigenvalue weighted by Crippen LogP contribution is 2.26. The van der Waals surface area contributed by atoms with Gasteiger partial charge >= 0.3 is 0 Å². The van der Waals surface area contributed by atoms with Gasteiger partial charge in [0, 0.05) is 6.54 Å². The lowest BCUT2D eigenvalue weighted by Gasteiger charge is -2.20. The van der Waals surface area contributed by atoms with E-state index in [1.54, 1.807) is 0 Å². The third kappa shape index (κ3) is 2.99. The van der Waals surface area contributed by atoms with E-state index < -0.39 is 0 Å². The zero-order valence-electron chi connectivity index (χ0n) is 10.4. The maximum atomic E-state index is 3.42. The summed E-state index contributed by atoms with van der Waals surface area (Å²) in [7, 11) is 0. The molecule has 0 aliphatic carbocycles. The zero-order valence-corrected chi connectivity index (χ0v) is 11.2. The average Bonchev–Trinajstić information content (AvgIpc) is 2.69. The average molecular weight is 240 g/mol. The van der Waals surface area contributed by atoms with Crippen molar-refractivity contribution in [1.29, 1.82) is 0 Å². The second-order valence-electron chi connectivity index (χ2n) is 5.56. The normalized spacial score (nSPS) is 20.6. The van der Waals surface area contributed by atoms with E-state index in [2.05, 4.69) is 50.4 Å². The quantitative estimate of drug-likeness (QED) is 0.791. The summed E-state index contributed by atoms with van der Waals surface area (Å²) in [6.45, 7) is 9.11. The molecule has 1 fully saturated rings. The van der Waals surface area contributed by atoms with E-state index >= 15 is 0 Å². The first-order valence-electron chi connectivity index (χ1n) is 5.88. The molecule has 1 unspecified atom stereocenters. The fourth-order valence-electron chi connectivity index (χ4n) is 2.19. The summed E-state index contributed by atoms with van der Waals surface area (Å²) in [4.78, 5) is 0. The highest BCUT2D eigenvalue weighted by molar-refractivity contribution is 5.85. The fourth-order valence-corrected chi connectivity index (χ4v) is 2.19. The molecule has 1 N–H and O–H groups in total. The molecule has 0 amide bonds. The van der Waals surface area contributed by atoms with Gasteiger partial charge in [-0.2, -0.15) is 0 Å². The van der Waals surface area contributed by atoms with Crippen LogP contribution in [0.4, 0.5) is 0 Å². The van der Waals surface area contributed by atoms with Crippen LogP contribution in [0.15, 0.2) is 24.3 Å². The Bertz CT molecular complexity index is 318. The molecule has 1 aromatic rings. The molecule has 2 rings (SSSR count). The lowest BCUT2D eigenvalue weighted by atomic mass is 9.85. The molecule has 0 spiro atoms. The highest BCUT2D eigenvalue weighted by atomic mass is 35.5. The highest BCUT2D eigenvalue weighted by Gasteiger charge is 2.18. The van der Waals surface area contributed by atoms with Crippen molar-refractivity contribution in [2.45, 2.75) is 38.5 Å². The molecule has 0 saturated carbocycles. The monoisotopic (exact) mass is 239 g/mol. The first kappa shape index (κ1) is 13.5. The Morgan fingerprint density at radius 1 is 1.12 bits per heavy atom. The van der Waals surface area contributed by atoms with Crippen molar-refractivity contribution in [3.8, 4) is 0 Å². The van der Waals surface area contributed by atoms with Gasteiger partial charge in [-0.15, -0.1) is 12.4 Å². The van der Waals surface area contributed by atoms with Crippen molar-refractivity contribution in [1.82, 2.24) is 5.32 Å². The maximum absolute atomic E-state index is 3.42. The van der Waals surface area contributed by atoms with Gasteiger partial charge in [0.2, 0.25) is 0 Å². The second-order valence-corrected chi connectivity index (χ2v) is 5.56. The van der Waals surface area contributed by atoms with E-state index in [0.717, 1.165) is 12.5 Å². The molecule has 1 saturated heterocycles. The fraction of sp³-hybridized carbons (Fsp3) is 0.571. The molecule has 1 aromatic carbocycles. The molecule has 0 aromatic heterocycles. The summed E-state index contributed by atoms with van der Waals surface area (Å²) in [5, 5.41) is 3.42. The summed E-state index contributed by atoms with van der Waals surface area (Å²) < 4.78 is 0. The number of nitrogens with one attached hydrogen (secondary N) is 1.